The Morgan fingerprint density at radius 3 is 2.57 bits per heavy atom. The lowest BCUT2D eigenvalue weighted by Gasteiger charge is -2.33. The van der Waals surface area contributed by atoms with E-state index in [2.05, 4.69) is 29.8 Å². The van der Waals surface area contributed by atoms with Gasteiger partial charge in [0.25, 0.3) is 5.69 Å². The lowest BCUT2D eigenvalue weighted by molar-refractivity contribution is -0.385. The third kappa shape index (κ3) is 3.81. The average molecular weight is 356 g/mol. The topological polar surface area (TPSA) is 69.4 Å². The van der Waals surface area contributed by atoms with Gasteiger partial charge in [0, 0.05) is 6.07 Å². The summed E-state index contributed by atoms with van der Waals surface area (Å²) in [5.74, 6) is -0.504. The molecule has 0 heterocycles. The molecule has 1 aliphatic rings. The summed E-state index contributed by atoms with van der Waals surface area (Å²) in [4.78, 5) is 22.6. The molecule has 21 heavy (non-hydrogen) atoms. The van der Waals surface area contributed by atoms with E-state index in [-0.39, 0.29) is 21.8 Å². The molecule has 1 fully saturated rings. The third-order valence-corrected chi connectivity index (χ3v) is 4.79. The van der Waals surface area contributed by atoms with Crippen molar-refractivity contribution in [1.29, 1.82) is 0 Å². The van der Waals surface area contributed by atoms with E-state index < -0.39 is 10.9 Å². The van der Waals surface area contributed by atoms with Gasteiger partial charge in [-0.25, -0.2) is 4.79 Å². The molecule has 1 saturated carbocycles. The molecule has 5 nitrogen and oxygen atoms in total. The number of esters is 1. The second-order valence-corrected chi connectivity index (χ2v) is 6.96. The number of nitro groups is 1. The number of ether oxygens (including phenoxy) is 1. The summed E-state index contributed by atoms with van der Waals surface area (Å²) in [5, 5.41) is 10.9. The molecule has 0 spiro atoms. The fraction of sp³-hybridized carbons (Fsp3) is 0.533. The zero-order valence-electron chi connectivity index (χ0n) is 12.1. The molecule has 1 aromatic carbocycles. The second-order valence-electron chi connectivity index (χ2n) is 6.16. The predicted molar refractivity (Wildman–Crippen MR) is 82.2 cm³/mol. The summed E-state index contributed by atoms with van der Waals surface area (Å²) >= 11 is 3.12. The minimum atomic E-state index is -0.524. The fourth-order valence-corrected chi connectivity index (χ4v) is 3.09. The molecule has 0 aliphatic heterocycles. The highest BCUT2D eigenvalue weighted by molar-refractivity contribution is 9.10. The first-order valence-corrected chi connectivity index (χ1v) is 7.73. The molecule has 1 aromatic rings. The molecule has 0 N–H and O–H groups in total. The molecular formula is C15H18BrNO4. The van der Waals surface area contributed by atoms with Crippen molar-refractivity contribution < 1.29 is 14.5 Å². The van der Waals surface area contributed by atoms with Crippen molar-refractivity contribution in [2.75, 3.05) is 0 Å². The van der Waals surface area contributed by atoms with E-state index in [0.717, 1.165) is 25.7 Å². The first kappa shape index (κ1) is 15.9. The Hall–Kier alpha value is -1.43. The molecule has 0 unspecified atom stereocenters. The predicted octanol–water partition coefficient (Wildman–Crippen LogP) is 4.48. The van der Waals surface area contributed by atoms with Gasteiger partial charge in [0.15, 0.2) is 0 Å². The molecule has 114 valence electrons. The van der Waals surface area contributed by atoms with Crippen LogP contribution in [0.1, 0.15) is 49.9 Å². The molecule has 0 amide bonds. The highest BCUT2D eigenvalue weighted by atomic mass is 79.9. The SMILES string of the molecule is CC1(C)CCC(OC(=O)c2cccc([N+](=O)[O-])c2Br)CC1. The van der Waals surface area contributed by atoms with Gasteiger partial charge in [0.05, 0.1) is 10.5 Å². The smallest absolute Gasteiger partial charge is 0.339 e. The van der Waals surface area contributed by atoms with E-state index in [4.69, 9.17) is 4.74 Å². The van der Waals surface area contributed by atoms with Crippen LogP contribution in [-0.4, -0.2) is 17.0 Å². The second kappa shape index (κ2) is 6.13. The zero-order valence-corrected chi connectivity index (χ0v) is 13.7. The van der Waals surface area contributed by atoms with Crippen molar-refractivity contribution in [3.8, 4) is 0 Å². The monoisotopic (exact) mass is 355 g/mol. The van der Waals surface area contributed by atoms with Crippen molar-refractivity contribution in [1.82, 2.24) is 0 Å². The molecule has 0 bridgehead atoms. The minimum absolute atomic E-state index is 0.100. The quantitative estimate of drug-likeness (QED) is 0.455. The lowest BCUT2D eigenvalue weighted by Crippen LogP contribution is -2.28. The van der Waals surface area contributed by atoms with Gasteiger partial charge >= 0.3 is 5.97 Å². The van der Waals surface area contributed by atoms with Gasteiger partial charge < -0.3 is 4.74 Å². The van der Waals surface area contributed by atoms with Gasteiger partial charge in [-0.2, -0.15) is 0 Å². The third-order valence-electron chi connectivity index (χ3n) is 3.95. The Balaban J connectivity index is 2.08. The summed E-state index contributed by atoms with van der Waals surface area (Å²) in [7, 11) is 0. The number of hydrogen-bond acceptors (Lipinski definition) is 4. The molecule has 0 radical (unpaired) electrons. The molecule has 0 atom stereocenters. The minimum Gasteiger partial charge on any atom is -0.459 e. The van der Waals surface area contributed by atoms with Crippen LogP contribution in [0.5, 0.6) is 0 Å². The number of nitrogens with zero attached hydrogens (tertiary/aromatic N) is 1. The Labute approximate surface area is 132 Å². The summed E-state index contributed by atoms with van der Waals surface area (Å²) in [6, 6.07) is 4.37. The maximum absolute atomic E-state index is 12.2. The molecule has 1 aliphatic carbocycles. The van der Waals surface area contributed by atoms with Crippen molar-refractivity contribution in [3.63, 3.8) is 0 Å². The average Bonchev–Trinajstić information content (AvgIpc) is 2.41. The van der Waals surface area contributed by atoms with Crippen molar-refractivity contribution in [2.45, 2.75) is 45.6 Å². The zero-order chi connectivity index (χ0) is 15.6. The highest BCUT2D eigenvalue weighted by Gasteiger charge is 2.30. The van der Waals surface area contributed by atoms with Gasteiger partial charge in [0.1, 0.15) is 10.6 Å². The van der Waals surface area contributed by atoms with Gasteiger partial charge in [-0.15, -0.1) is 0 Å². The summed E-state index contributed by atoms with van der Waals surface area (Å²) in [6.07, 6.45) is 3.61. The van der Waals surface area contributed by atoms with Crippen LogP contribution in [0, 0.1) is 15.5 Å². The fourth-order valence-electron chi connectivity index (χ4n) is 2.52. The van der Waals surface area contributed by atoms with Crippen LogP contribution in [0.25, 0.3) is 0 Å². The van der Waals surface area contributed by atoms with Crippen molar-refractivity contribution in [3.05, 3.63) is 38.3 Å². The number of carbonyl (C=O) groups is 1. The van der Waals surface area contributed by atoms with E-state index in [0.29, 0.717) is 5.41 Å². The Bertz CT molecular complexity index is 561. The largest absolute Gasteiger partial charge is 0.459 e. The number of rotatable bonds is 3. The van der Waals surface area contributed by atoms with E-state index >= 15 is 0 Å². The van der Waals surface area contributed by atoms with Gasteiger partial charge in [-0.3, -0.25) is 10.1 Å². The van der Waals surface area contributed by atoms with Gasteiger partial charge in [-0.05, 0) is 53.1 Å². The number of benzene rings is 1. The maximum atomic E-state index is 12.2. The molecule has 2 rings (SSSR count). The first-order valence-electron chi connectivity index (χ1n) is 6.94. The first-order chi connectivity index (χ1) is 9.80. The van der Waals surface area contributed by atoms with E-state index in [1.54, 1.807) is 0 Å². The number of halogens is 1. The van der Waals surface area contributed by atoms with Gasteiger partial charge in [0.2, 0.25) is 0 Å². The van der Waals surface area contributed by atoms with Crippen LogP contribution in [0.4, 0.5) is 5.69 Å². The van der Waals surface area contributed by atoms with Crippen LogP contribution >= 0.6 is 15.9 Å². The number of carbonyl (C=O) groups excluding carboxylic acids is 1. The molecular weight excluding hydrogens is 338 g/mol. The number of nitro benzene ring substituents is 1. The normalized spacial score (nSPS) is 18.2. The maximum Gasteiger partial charge on any atom is 0.339 e. The Kier molecular flexibility index (Phi) is 4.66. The standard InChI is InChI=1S/C15H18BrNO4/c1-15(2)8-6-10(7-9-15)21-14(18)11-4-3-5-12(13(11)16)17(19)20/h3-5,10H,6-9H2,1-2H3. The van der Waals surface area contributed by atoms with E-state index in [1.807, 2.05) is 0 Å². The lowest BCUT2D eigenvalue weighted by atomic mass is 9.76. The highest BCUT2D eigenvalue weighted by Crippen LogP contribution is 2.37. The van der Waals surface area contributed by atoms with Gasteiger partial charge in [-0.1, -0.05) is 19.9 Å². The van der Waals surface area contributed by atoms with Crippen LogP contribution in [-0.2, 0) is 4.74 Å². The number of hydrogen-bond donors (Lipinski definition) is 0. The molecule has 0 aromatic heterocycles. The Morgan fingerprint density at radius 2 is 2.00 bits per heavy atom. The van der Waals surface area contributed by atoms with E-state index in [1.165, 1.54) is 18.2 Å². The van der Waals surface area contributed by atoms with Crippen molar-refractivity contribution in [2.24, 2.45) is 5.41 Å². The summed E-state index contributed by atoms with van der Waals surface area (Å²) in [6.45, 7) is 4.42. The summed E-state index contributed by atoms with van der Waals surface area (Å²) in [5.41, 5.74) is 0.373. The summed E-state index contributed by atoms with van der Waals surface area (Å²) < 4.78 is 5.67. The Morgan fingerprint density at radius 1 is 1.38 bits per heavy atom. The van der Waals surface area contributed by atoms with E-state index in [9.17, 15) is 14.9 Å². The van der Waals surface area contributed by atoms with Crippen LogP contribution in [0.15, 0.2) is 22.7 Å². The van der Waals surface area contributed by atoms with Crippen LogP contribution in [0.2, 0.25) is 0 Å². The van der Waals surface area contributed by atoms with Crippen LogP contribution < -0.4 is 0 Å². The molecule has 0 saturated heterocycles. The van der Waals surface area contributed by atoms with Crippen LogP contribution in [0.3, 0.4) is 0 Å². The molecule has 6 heteroatoms. The van der Waals surface area contributed by atoms with Crippen molar-refractivity contribution >= 4 is 27.6 Å².